The highest BCUT2D eigenvalue weighted by molar-refractivity contribution is 6.30. The molecule has 2 aliphatic heterocycles. The molecule has 1 aromatic heterocycles. The molecule has 1 unspecified atom stereocenters. The molecule has 4 aromatic carbocycles. The van der Waals surface area contributed by atoms with Crippen molar-refractivity contribution in [1.29, 1.82) is 0 Å². The van der Waals surface area contributed by atoms with Crippen LogP contribution in [0.1, 0.15) is 74.6 Å². The molecular formula is C49H48ClF2N9O7. The van der Waals surface area contributed by atoms with E-state index in [1.165, 1.54) is 41.4 Å². The van der Waals surface area contributed by atoms with Gasteiger partial charge < -0.3 is 36.6 Å². The summed E-state index contributed by atoms with van der Waals surface area (Å²) in [5, 5.41) is 6.53. The number of anilines is 3. The second-order valence-corrected chi connectivity index (χ2v) is 16.9. The van der Waals surface area contributed by atoms with Crippen molar-refractivity contribution in [1.82, 2.24) is 24.7 Å². The molecule has 0 radical (unpaired) electrons. The fourth-order valence-corrected chi connectivity index (χ4v) is 8.29. The van der Waals surface area contributed by atoms with Crippen LogP contribution in [-0.4, -0.2) is 93.4 Å². The number of nitrogens with two attached hydrogens (primary N) is 2. The number of piperidine rings is 1. The number of benzene rings is 4. The monoisotopic (exact) mass is 947 g/mol. The number of likely N-dealkylation sites (N-methyl/N-ethyl adjacent to an activating group) is 1. The van der Waals surface area contributed by atoms with Crippen LogP contribution >= 0.6 is 11.6 Å². The van der Waals surface area contributed by atoms with Gasteiger partial charge in [-0.25, -0.2) is 18.7 Å². The Bertz CT molecular complexity index is 2840. The summed E-state index contributed by atoms with van der Waals surface area (Å²) < 4.78 is 36.1. The van der Waals surface area contributed by atoms with Gasteiger partial charge in [-0.1, -0.05) is 42.4 Å². The summed E-state index contributed by atoms with van der Waals surface area (Å²) in [6.45, 7) is 5.62. The van der Waals surface area contributed by atoms with E-state index in [4.69, 9.17) is 26.9 Å². The number of hydrogen-bond donors (Lipinski definition) is 4. The fourth-order valence-electron chi connectivity index (χ4n) is 8.10. The first-order chi connectivity index (χ1) is 32.6. The Kier molecular flexibility index (Phi) is 14.8. The number of rotatable bonds is 15. The Morgan fingerprint density at radius 3 is 2.50 bits per heavy atom. The van der Waals surface area contributed by atoms with Gasteiger partial charge in [0.05, 0.1) is 18.7 Å². The summed E-state index contributed by atoms with van der Waals surface area (Å²) in [7, 11) is 1.48. The highest BCUT2D eigenvalue weighted by Crippen LogP contribution is 2.41. The summed E-state index contributed by atoms with van der Waals surface area (Å²) in [6.07, 6.45) is 3.50. The predicted octanol–water partition coefficient (Wildman–Crippen LogP) is 6.38. The van der Waals surface area contributed by atoms with Crippen LogP contribution in [0.3, 0.4) is 0 Å². The van der Waals surface area contributed by atoms with Gasteiger partial charge in [0.2, 0.25) is 12.3 Å². The first-order valence-electron chi connectivity index (χ1n) is 21.6. The molecule has 2 fully saturated rings. The number of nitrogens with zero attached hydrogens (tertiary/aromatic N) is 5. The molecule has 19 heteroatoms. The molecule has 16 nitrogen and oxygen atoms in total. The van der Waals surface area contributed by atoms with Crippen molar-refractivity contribution in [3.05, 3.63) is 141 Å². The van der Waals surface area contributed by atoms with E-state index in [2.05, 4.69) is 32.9 Å². The smallest absolute Gasteiger partial charge is 0.258 e. The lowest BCUT2D eigenvalue weighted by Crippen LogP contribution is -2.55. The maximum absolute atomic E-state index is 15.1. The van der Waals surface area contributed by atoms with Gasteiger partial charge in [-0.3, -0.25) is 33.7 Å². The Hall–Kier alpha value is -7.73. The molecular weight excluding hydrogens is 900 g/mol. The van der Waals surface area contributed by atoms with Crippen molar-refractivity contribution < 1.29 is 42.3 Å². The lowest BCUT2D eigenvalue weighted by atomic mass is 10.0. The fraction of sp³-hybridized carbons (Fsp3) is 0.265. The molecule has 6 N–H and O–H groups in total. The SMILES string of the molecule is C=C(CN1C(=O)CCC(N2Cc3cc(CNc4cccc(Cl)c4)ccc3C2=O)C1=O)C(=O)N(C)CCOc1c(N)ncnc1-c1cc(F)cc(NC(=O)c2ccc(C3CC3)cc2F)c1C.NC=O. The maximum atomic E-state index is 15.1. The van der Waals surface area contributed by atoms with E-state index in [1.807, 2.05) is 30.3 Å². The van der Waals surface area contributed by atoms with Crippen LogP contribution in [0.15, 0.2) is 91.3 Å². The summed E-state index contributed by atoms with van der Waals surface area (Å²) >= 11 is 6.11. The molecule has 1 aliphatic carbocycles. The molecule has 3 aliphatic rings. The average molecular weight is 948 g/mol. The van der Waals surface area contributed by atoms with E-state index in [9.17, 15) is 28.4 Å². The minimum atomic E-state index is -0.913. The van der Waals surface area contributed by atoms with Gasteiger partial charge >= 0.3 is 0 Å². The Morgan fingerprint density at radius 1 is 1.01 bits per heavy atom. The van der Waals surface area contributed by atoms with Crippen molar-refractivity contribution >= 4 is 64.7 Å². The van der Waals surface area contributed by atoms with Crippen molar-refractivity contribution in [2.24, 2.45) is 5.73 Å². The number of hydrogen-bond acceptors (Lipinski definition) is 11. The Morgan fingerprint density at radius 2 is 1.78 bits per heavy atom. The third kappa shape index (κ3) is 10.8. The van der Waals surface area contributed by atoms with Crippen LogP contribution in [0.25, 0.3) is 11.3 Å². The van der Waals surface area contributed by atoms with Crippen molar-refractivity contribution in [3.8, 4) is 17.0 Å². The number of imide groups is 1. The summed E-state index contributed by atoms with van der Waals surface area (Å²) in [6, 6.07) is 18.7. The van der Waals surface area contributed by atoms with Gasteiger partial charge in [-0.05, 0) is 103 Å². The molecule has 0 spiro atoms. The third-order valence-corrected chi connectivity index (χ3v) is 12.1. The number of primary amides is 1. The molecule has 68 heavy (non-hydrogen) atoms. The largest absolute Gasteiger partial charge is 0.486 e. The number of carbonyl (C=O) groups excluding carboxylic acids is 6. The van der Waals surface area contributed by atoms with Crippen LogP contribution in [0.5, 0.6) is 5.75 Å². The number of likely N-dealkylation sites (tertiary alicyclic amines) is 1. The topological polar surface area (TPSA) is 223 Å². The van der Waals surface area contributed by atoms with Gasteiger partial charge in [0.15, 0.2) is 11.6 Å². The average Bonchev–Trinajstić information content (AvgIpc) is 4.11. The highest BCUT2D eigenvalue weighted by atomic mass is 35.5. The zero-order valence-corrected chi connectivity index (χ0v) is 37.9. The number of nitrogens with one attached hydrogen (secondary N) is 2. The van der Waals surface area contributed by atoms with Crippen molar-refractivity contribution in [2.45, 2.75) is 57.7 Å². The zero-order chi connectivity index (χ0) is 48.8. The first-order valence-corrected chi connectivity index (χ1v) is 22.0. The van der Waals surface area contributed by atoms with Gasteiger partial charge in [0, 0.05) is 59.7 Å². The quantitative estimate of drug-likeness (QED) is 0.0512. The molecule has 3 heterocycles. The van der Waals surface area contributed by atoms with Crippen molar-refractivity contribution in [2.75, 3.05) is 43.1 Å². The normalized spacial score (nSPS) is 15.2. The van der Waals surface area contributed by atoms with E-state index < -0.39 is 41.3 Å². The van der Waals surface area contributed by atoms with Gasteiger partial charge in [-0.15, -0.1) is 0 Å². The number of amides is 6. The molecule has 0 bridgehead atoms. The summed E-state index contributed by atoms with van der Waals surface area (Å²) in [5.41, 5.74) is 14.8. The summed E-state index contributed by atoms with van der Waals surface area (Å²) in [5.74, 6) is -3.92. The van der Waals surface area contributed by atoms with Crippen LogP contribution < -0.4 is 26.8 Å². The number of aromatic nitrogens is 2. The number of carbonyl (C=O) groups is 6. The number of halogens is 3. The van der Waals surface area contributed by atoms with Crippen molar-refractivity contribution in [3.63, 3.8) is 0 Å². The molecule has 1 saturated carbocycles. The lowest BCUT2D eigenvalue weighted by molar-refractivity contribution is -0.151. The number of fused-ring (bicyclic) bond motifs is 1. The van der Waals surface area contributed by atoms with E-state index in [0.29, 0.717) is 28.6 Å². The predicted molar refractivity (Wildman–Crippen MR) is 250 cm³/mol. The number of nitrogen functional groups attached to an aromatic ring is 1. The van der Waals surface area contributed by atoms with Crippen LogP contribution in [-0.2, 0) is 32.3 Å². The van der Waals surface area contributed by atoms with Crippen LogP contribution in [0, 0.1) is 18.6 Å². The minimum Gasteiger partial charge on any atom is -0.486 e. The first kappa shape index (κ1) is 48.2. The molecule has 1 saturated heterocycles. The minimum absolute atomic E-state index is 0.00920. The second kappa shape index (κ2) is 20.8. The van der Waals surface area contributed by atoms with Crippen LogP contribution in [0.2, 0.25) is 5.02 Å². The van der Waals surface area contributed by atoms with E-state index in [-0.39, 0.29) is 91.0 Å². The maximum Gasteiger partial charge on any atom is 0.258 e. The molecule has 5 aromatic rings. The van der Waals surface area contributed by atoms with E-state index >= 15 is 4.39 Å². The molecule has 1 atom stereocenters. The summed E-state index contributed by atoms with van der Waals surface area (Å²) in [4.78, 5) is 87.9. The Balaban J connectivity index is 0.00000222. The van der Waals surface area contributed by atoms with Gasteiger partial charge in [0.1, 0.15) is 36.3 Å². The lowest BCUT2D eigenvalue weighted by Gasteiger charge is -2.35. The number of ether oxygens (including phenoxy) is 1. The molecule has 8 rings (SSSR count). The van der Waals surface area contributed by atoms with E-state index in [0.717, 1.165) is 46.2 Å². The van der Waals surface area contributed by atoms with Gasteiger partial charge in [-0.2, -0.15) is 0 Å². The third-order valence-electron chi connectivity index (χ3n) is 11.8. The van der Waals surface area contributed by atoms with Gasteiger partial charge in [0.25, 0.3) is 23.6 Å². The molecule has 6 amide bonds. The molecule has 352 valence electrons. The highest BCUT2D eigenvalue weighted by Gasteiger charge is 2.43. The Labute approximate surface area is 395 Å². The van der Waals surface area contributed by atoms with Crippen LogP contribution in [0.4, 0.5) is 26.0 Å². The second-order valence-electron chi connectivity index (χ2n) is 16.5. The standard InChI is InChI=1S/C48H45ClF2N8O6.CH3NO/c1-26(23-59-41(60)14-13-40(48(59)64)58-24-31-17-28(7-11-35(31)47(58)63)22-53-34-6-4-5-32(49)19-34)46(62)57(3)15-16-65-43-42(54-25-55-44(43)52)37-20-33(50)21-39(27(37)2)56-45(61)36-12-10-30(18-38(36)51)29-8-9-29;2-1-3/h4-7,10-12,17-21,25,29,40,53H,1,8-9,13-16,22-24H2,2-3H3,(H,56,61)(H2,52,54,55);1H,(H2,2,3). The zero-order valence-electron chi connectivity index (χ0n) is 37.2. The van der Waals surface area contributed by atoms with E-state index in [1.54, 1.807) is 25.1 Å².